The van der Waals surface area contributed by atoms with Crippen molar-refractivity contribution in [2.24, 2.45) is 9.98 Å². The number of anilines is 1. The van der Waals surface area contributed by atoms with Crippen LogP contribution in [-0.2, 0) is 16.1 Å². The van der Waals surface area contributed by atoms with E-state index in [2.05, 4.69) is 35.3 Å². The number of hydrogen-bond acceptors (Lipinski definition) is 8. The maximum absolute atomic E-state index is 14.2. The van der Waals surface area contributed by atoms with Crippen molar-refractivity contribution >= 4 is 29.7 Å². The highest BCUT2D eigenvalue weighted by Crippen LogP contribution is 2.29. The summed E-state index contributed by atoms with van der Waals surface area (Å²) in [5.74, 6) is -2.21. The Balaban J connectivity index is 1.64. The number of amidine groups is 1. The second-order valence-corrected chi connectivity index (χ2v) is 6.54. The topological polar surface area (TPSA) is 118 Å². The number of aliphatic imine (C=N–C) groups is 2. The first kappa shape index (κ1) is 19.6. The van der Waals surface area contributed by atoms with Gasteiger partial charge in [-0.1, -0.05) is 6.07 Å². The van der Waals surface area contributed by atoms with Crippen molar-refractivity contribution in [3.63, 3.8) is 0 Å². The van der Waals surface area contributed by atoms with Crippen molar-refractivity contribution in [3.05, 3.63) is 41.1 Å². The minimum Gasteiger partial charge on any atom is -0.469 e. The van der Waals surface area contributed by atoms with Crippen molar-refractivity contribution in [1.82, 2.24) is 15.3 Å². The van der Waals surface area contributed by atoms with Gasteiger partial charge in [0, 0.05) is 6.21 Å². The Hall–Kier alpha value is -3.76. The first-order chi connectivity index (χ1) is 14.5. The third-order valence-corrected chi connectivity index (χ3v) is 4.54. The molecule has 1 aromatic heterocycles. The number of halogens is 2. The van der Waals surface area contributed by atoms with Crippen LogP contribution in [0.4, 0.5) is 14.6 Å². The average Bonchev–Trinajstić information content (AvgIpc) is 3.10. The minimum atomic E-state index is -0.811. The third-order valence-electron chi connectivity index (χ3n) is 4.54. The van der Waals surface area contributed by atoms with Gasteiger partial charge in [0.05, 0.1) is 37.5 Å². The highest BCUT2D eigenvalue weighted by atomic mass is 19.1. The summed E-state index contributed by atoms with van der Waals surface area (Å²) in [6.45, 7) is 0.342. The van der Waals surface area contributed by atoms with Gasteiger partial charge in [-0.2, -0.15) is 0 Å². The molecular formula is C19H16F2N6O3. The van der Waals surface area contributed by atoms with Crippen molar-refractivity contribution in [3.8, 4) is 11.4 Å². The van der Waals surface area contributed by atoms with Gasteiger partial charge in [0.2, 0.25) is 0 Å². The average molecular weight is 414 g/mol. The lowest BCUT2D eigenvalue weighted by atomic mass is 10.1. The number of amides is 1. The van der Waals surface area contributed by atoms with Crippen LogP contribution in [0.3, 0.4) is 0 Å². The monoisotopic (exact) mass is 414 g/mol. The Labute approximate surface area is 169 Å². The number of fused-ring (bicyclic) bond motifs is 1. The van der Waals surface area contributed by atoms with Crippen molar-refractivity contribution in [2.75, 3.05) is 19.0 Å². The number of carbonyl (C=O) groups excluding carboxylic acids is 2. The minimum absolute atomic E-state index is 0.0538. The number of hydrogen-bond donors (Lipinski definition) is 2. The summed E-state index contributed by atoms with van der Waals surface area (Å²) in [5, 5.41) is 5.64. The third kappa shape index (κ3) is 3.73. The molecule has 0 bridgehead atoms. The van der Waals surface area contributed by atoms with Gasteiger partial charge >= 0.3 is 5.97 Å². The predicted octanol–water partition coefficient (Wildman–Crippen LogP) is 1.49. The molecule has 9 nitrogen and oxygen atoms in total. The molecule has 0 radical (unpaired) electrons. The van der Waals surface area contributed by atoms with Crippen LogP contribution in [0.5, 0.6) is 0 Å². The number of carbonyl (C=O) groups is 2. The Morgan fingerprint density at radius 2 is 2.03 bits per heavy atom. The smallest absolute Gasteiger partial charge is 0.313 e. The van der Waals surface area contributed by atoms with E-state index in [-0.39, 0.29) is 42.3 Å². The molecule has 2 aromatic rings. The van der Waals surface area contributed by atoms with E-state index in [1.165, 1.54) is 19.4 Å². The molecule has 4 rings (SSSR count). The number of nitrogens with one attached hydrogen (secondary N) is 2. The van der Waals surface area contributed by atoms with E-state index in [9.17, 15) is 18.4 Å². The molecule has 11 heteroatoms. The van der Waals surface area contributed by atoms with Gasteiger partial charge in [-0.3, -0.25) is 14.6 Å². The number of nitrogens with zero attached hydrogens (tertiary/aromatic N) is 4. The SMILES string of the molecule is COC(=O)CC1=NCC(Nc2nc(-c3c(F)cccc3F)nc3c2C(=O)NC3)C=N1. The molecule has 0 spiro atoms. The van der Waals surface area contributed by atoms with Crippen LogP contribution in [0.25, 0.3) is 11.4 Å². The molecule has 0 fully saturated rings. The number of aromatic nitrogens is 2. The molecule has 2 aliphatic heterocycles. The first-order valence-electron chi connectivity index (χ1n) is 9.00. The summed E-state index contributed by atoms with van der Waals surface area (Å²) in [7, 11) is 1.27. The number of methoxy groups -OCH3 is 1. The molecule has 1 unspecified atom stereocenters. The van der Waals surface area contributed by atoms with E-state index in [4.69, 9.17) is 0 Å². The Morgan fingerprint density at radius 1 is 1.27 bits per heavy atom. The summed E-state index contributed by atoms with van der Waals surface area (Å²) in [5.41, 5.74) is 0.157. The number of benzene rings is 1. The van der Waals surface area contributed by atoms with Crippen molar-refractivity contribution in [2.45, 2.75) is 19.0 Å². The molecular weight excluding hydrogens is 398 g/mol. The zero-order chi connectivity index (χ0) is 21.3. The molecule has 1 amide bonds. The quantitative estimate of drug-likeness (QED) is 0.716. The lowest BCUT2D eigenvalue weighted by molar-refractivity contribution is -0.139. The van der Waals surface area contributed by atoms with Gasteiger partial charge in [0.1, 0.15) is 35.3 Å². The van der Waals surface area contributed by atoms with Gasteiger partial charge in [-0.15, -0.1) is 0 Å². The van der Waals surface area contributed by atoms with Crippen molar-refractivity contribution in [1.29, 1.82) is 0 Å². The fourth-order valence-corrected chi connectivity index (χ4v) is 3.08. The molecule has 0 aliphatic carbocycles. The van der Waals surface area contributed by atoms with Crippen LogP contribution in [0.15, 0.2) is 28.2 Å². The van der Waals surface area contributed by atoms with Gasteiger partial charge in [-0.05, 0) is 12.1 Å². The van der Waals surface area contributed by atoms with Gasteiger partial charge in [0.25, 0.3) is 5.91 Å². The molecule has 2 N–H and O–H groups in total. The molecule has 3 heterocycles. The molecule has 0 saturated heterocycles. The molecule has 0 saturated carbocycles. The lowest BCUT2D eigenvalue weighted by Gasteiger charge is -2.18. The van der Waals surface area contributed by atoms with E-state index in [1.807, 2.05) is 0 Å². The highest BCUT2D eigenvalue weighted by Gasteiger charge is 2.29. The summed E-state index contributed by atoms with van der Waals surface area (Å²) >= 11 is 0. The van der Waals surface area contributed by atoms with Crippen LogP contribution in [0, 0.1) is 11.6 Å². The summed E-state index contributed by atoms with van der Waals surface area (Å²) in [6, 6.07) is 3.01. The van der Waals surface area contributed by atoms with E-state index in [1.54, 1.807) is 0 Å². The fourth-order valence-electron chi connectivity index (χ4n) is 3.08. The molecule has 154 valence electrons. The molecule has 30 heavy (non-hydrogen) atoms. The normalized spacial score (nSPS) is 17.2. The van der Waals surface area contributed by atoms with Gasteiger partial charge < -0.3 is 15.4 Å². The van der Waals surface area contributed by atoms with E-state index < -0.39 is 29.6 Å². The van der Waals surface area contributed by atoms with E-state index >= 15 is 0 Å². The zero-order valence-electron chi connectivity index (χ0n) is 15.8. The maximum atomic E-state index is 14.2. The lowest BCUT2D eigenvalue weighted by Crippen LogP contribution is -2.30. The number of esters is 1. The zero-order valence-corrected chi connectivity index (χ0v) is 15.8. The summed E-state index contributed by atoms with van der Waals surface area (Å²) in [6.07, 6.45) is 1.47. The van der Waals surface area contributed by atoms with E-state index in [0.717, 1.165) is 12.1 Å². The second-order valence-electron chi connectivity index (χ2n) is 6.54. The summed E-state index contributed by atoms with van der Waals surface area (Å²) < 4.78 is 33.0. The second kappa shape index (κ2) is 7.93. The highest BCUT2D eigenvalue weighted by molar-refractivity contribution is 6.04. The standard InChI is InChI=1S/C19H16F2N6O3/c1-30-14(28)5-13-22-6-9(7-23-13)25-18-16-12(8-24-19(16)29)26-17(27-18)15-10(20)3-2-4-11(15)21/h2-4,6,9H,5,7-8H2,1H3,(H,24,29)(H,25,26,27). The predicted molar refractivity (Wildman–Crippen MR) is 103 cm³/mol. The maximum Gasteiger partial charge on any atom is 0.313 e. The van der Waals surface area contributed by atoms with Crippen LogP contribution in [0.1, 0.15) is 22.5 Å². The number of ether oxygens (including phenoxy) is 1. The molecule has 2 aliphatic rings. The van der Waals surface area contributed by atoms with E-state index in [0.29, 0.717) is 11.5 Å². The first-order valence-corrected chi connectivity index (χ1v) is 9.00. The van der Waals surface area contributed by atoms with Crippen LogP contribution in [0.2, 0.25) is 0 Å². The Bertz CT molecular complexity index is 1080. The Morgan fingerprint density at radius 3 is 2.70 bits per heavy atom. The fraction of sp³-hybridized carbons (Fsp3) is 0.263. The number of rotatable bonds is 5. The van der Waals surface area contributed by atoms with Gasteiger partial charge in [0.15, 0.2) is 5.82 Å². The van der Waals surface area contributed by atoms with Crippen LogP contribution >= 0.6 is 0 Å². The summed E-state index contributed by atoms with van der Waals surface area (Å²) in [4.78, 5) is 40.3. The Kier molecular flexibility index (Phi) is 5.17. The van der Waals surface area contributed by atoms with Crippen LogP contribution < -0.4 is 10.6 Å². The molecule has 1 atom stereocenters. The van der Waals surface area contributed by atoms with Crippen molar-refractivity contribution < 1.29 is 23.1 Å². The molecule has 1 aromatic carbocycles. The van der Waals surface area contributed by atoms with Gasteiger partial charge in [-0.25, -0.2) is 23.7 Å². The largest absolute Gasteiger partial charge is 0.469 e. The van der Waals surface area contributed by atoms with Crippen LogP contribution in [-0.4, -0.2) is 53.6 Å².